The lowest BCUT2D eigenvalue weighted by molar-refractivity contribution is -0.402. The Morgan fingerprint density at radius 1 is 1.62 bits per heavy atom. The summed E-state index contributed by atoms with van der Waals surface area (Å²) in [5.74, 6) is -0.0362. The third-order valence-electron chi connectivity index (χ3n) is 1.24. The van der Waals surface area contributed by atoms with Gasteiger partial charge >= 0.3 is 5.88 Å². The van der Waals surface area contributed by atoms with Crippen LogP contribution in [0.25, 0.3) is 0 Å². The summed E-state index contributed by atoms with van der Waals surface area (Å²) in [5.41, 5.74) is 0. The Bertz CT molecular complexity index is 306. The van der Waals surface area contributed by atoms with Crippen molar-refractivity contribution in [1.82, 2.24) is 0 Å². The highest BCUT2D eigenvalue weighted by Gasteiger charge is 2.11. The Balaban J connectivity index is 2.49. The molecule has 0 aromatic carbocycles. The molecule has 13 heavy (non-hydrogen) atoms. The number of nitro groups is 1. The van der Waals surface area contributed by atoms with Crippen LogP contribution in [-0.4, -0.2) is 18.0 Å². The van der Waals surface area contributed by atoms with Gasteiger partial charge in [-0.15, -0.1) is 0 Å². The maximum atomic E-state index is 10.2. The molecular weight excluding hydrogens is 178 g/mol. The molecule has 0 fully saturated rings. The normalized spacial score (nSPS) is 9.54. The van der Waals surface area contributed by atoms with E-state index in [1.807, 2.05) is 0 Å². The maximum absolute atomic E-state index is 10.2. The molecule has 0 aliphatic carbocycles. The smallest absolute Gasteiger partial charge is 0.433 e. The molecule has 69 valence electrons. The van der Waals surface area contributed by atoms with Gasteiger partial charge in [-0.1, -0.05) is 0 Å². The fraction of sp³-hybridized carbons (Fsp3) is 0.143. The molecule has 1 radical (unpaired) electrons. The minimum absolute atomic E-state index is 0.0359. The lowest BCUT2D eigenvalue weighted by Crippen LogP contribution is -1.92. The molecule has 0 saturated carbocycles. The third kappa shape index (κ3) is 2.58. The van der Waals surface area contributed by atoms with Crippen molar-refractivity contribution >= 4 is 12.4 Å². The molecule has 0 aliphatic rings. The molecule has 1 aromatic heterocycles. The van der Waals surface area contributed by atoms with Crippen molar-refractivity contribution in [3.63, 3.8) is 0 Å². The van der Waals surface area contributed by atoms with Gasteiger partial charge in [0.2, 0.25) is 0 Å². The van der Waals surface area contributed by atoms with Gasteiger partial charge in [-0.3, -0.25) is 14.9 Å². The SMILES string of the molecule is O=COC[CH]c1ccc([N+](=O)[O-])o1. The van der Waals surface area contributed by atoms with Gasteiger partial charge in [0.1, 0.15) is 17.3 Å². The molecule has 1 aromatic rings. The van der Waals surface area contributed by atoms with E-state index in [1.165, 1.54) is 18.6 Å². The van der Waals surface area contributed by atoms with Crippen molar-refractivity contribution in [2.24, 2.45) is 0 Å². The van der Waals surface area contributed by atoms with Crippen molar-refractivity contribution in [3.8, 4) is 0 Å². The third-order valence-corrected chi connectivity index (χ3v) is 1.24. The van der Waals surface area contributed by atoms with Gasteiger partial charge in [-0.2, -0.15) is 0 Å². The molecule has 1 heterocycles. The standard InChI is InChI=1S/C7H6NO5/c9-5-12-4-3-6-1-2-7(13-6)8(10)11/h1-3,5H,4H2. The van der Waals surface area contributed by atoms with E-state index in [-0.39, 0.29) is 19.0 Å². The summed E-state index contributed by atoms with van der Waals surface area (Å²) in [4.78, 5) is 19.2. The van der Waals surface area contributed by atoms with Crippen LogP contribution in [-0.2, 0) is 9.53 Å². The molecule has 0 saturated heterocycles. The fourth-order valence-corrected chi connectivity index (χ4v) is 0.720. The minimum atomic E-state index is -0.641. The van der Waals surface area contributed by atoms with Crippen LogP contribution in [0, 0.1) is 16.5 Å². The molecule has 0 N–H and O–H groups in total. The van der Waals surface area contributed by atoms with E-state index in [1.54, 1.807) is 0 Å². The van der Waals surface area contributed by atoms with E-state index in [2.05, 4.69) is 4.74 Å². The molecule has 0 aliphatic heterocycles. The zero-order valence-electron chi connectivity index (χ0n) is 6.50. The van der Waals surface area contributed by atoms with Crippen LogP contribution in [0.4, 0.5) is 5.88 Å². The number of hydrogen-bond acceptors (Lipinski definition) is 5. The van der Waals surface area contributed by atoms with Gasteiger partial charge in [0.05, 0.1) is 12.5 Å². The predicted molar refractivity (Wildman–Crippen MR) is 40.8 cm³/mol. The first kappa shape index (κ1) is 9.24. The highest BCUT2D eigenvalue weighted by Crippen LogP contribution is 2.16. The first-order chi connectivity index (χ1) is 6.24. The van der Waals surface area contributed by atoms with E-state index in [0.29, 0.717) is 5.76 Å². The monoisotopic (exact) mass is 184 g/mol. The van der Waals surface area contributed by atoms with Crippen molar-refractivity contribution in [2.45, 2.75) is 0 Å². The molecule has 0 bridgehead atoms. The van der Waals surface area contributed by atoms with E-state index < -0.39 is 4.92 Å². The number of ether oxygens (including phenoxy) is 1. The molecule has 0 atom stereocenters. The van der Waals surface area contributed by atoms with Crippen LogP contribution >= 0.6 is 0 Å². The van der Waals surface area contributed by atoms with E-state index in [0.717, 1.165) is 0 Å². The van der Waals surface area contributed by atoms with Crippen LogP contribution in [0.15, 0.2) is 16.5 Å². The average Bonchev–Trinajstić information content (AvgIpc) is 2.53. The maximum Gasteiger partial charge on any atom is 0.433 e. The summed E-state index contributed by atoms with van der Waals surface area (Å²) < 4.78 is 9.08. The molecule has 6 heteroatoms. The summed E-state index contributed by atoms with van der Waals surface area (Å²) in [6, 6.07) is 2.65. The second-order valence-corrected chi connectivity index (χ2v) is 2.07. The molecule has 0 amide bonds. The first-order valence-electron chi connectivity index (χ1n) is 3.36. The number of carbonyl (C=O) groups excluding carboxylic acids is 1. The first-order valence-corrected chi connectivity index (χ1v) is 3.36. The van der Waals surface area contributed by atoms with Crippen molar-refractivity contribution < 1.29 is 18.9 Å². The predicted octanol–water partition coefficient (Wildman–Crippen LogP) is 0.913. The van der Waals surface area contributed by atoms with Gasteiger partial charge in [0.25, 0.3) is 6.47 Å². The lowest BCUT2D eigenvalue weighted by Gasteiger charge is -1.92. The topological polar surface area (TPSA) is 82.6 Å². The van der Waals surface area contributed by atoms with E-state index in [4.69, 9.17) is 4.42 Å². The molecule has 6 nitrogen and oxygen atoms in total. The number of hydrogen-bond donors (Lipinski definition) is 0. The number of rotatable bonds is 5. The van der Waals surface area contributed by atoms with Gasteiger partial charge in [0, 0.05) is 0 Å². The van der Waals surface area contributed by atoms with Gasteiger partial charge in [-0.05, 0) is 6.07 Å². The van der Waals surface area contributed by atoms with Crippen LogP contribution in [0.5, 0.6) is 0 Å². The van der Waals surface area contributed by atoms with Gasteiger partial charge in [-0.25, -0.2) is 0 Å². The molecule has 1 rings (SSSR count). The Kier molecular flexibility index (Phi) is 3.02. The second kappa shape index (κ2) is 4.24. The van der Waals surface area contributed by atoms with Crippen LogP contribution < -0.4 is 0 Å². The van der Waals surface area contributed by atoms with Crippen LogP contribution in [0.2, 0.25) is 0 Å². The van der Waals surface area contributed by atoms with Crippen molar-refractivity contribution in [1.29, 1.82) is 0 Å². The Hall–Kier alpha value is -1.85. The molecule has 0 unspecified atom stereocenters. The molecular formula is C7H6NO5. The highest BCUT2D eigenvalue weighted by molar-refractivity contribution is 5.37. The van der Waals surface area contributed by atoms with Crippen molar-refractivity contribution in [3.05, 3.63) is 34.4 Å². The van der Waals surface area contributed by atoms with E-state index >= 15 is 0 Å². The quantitative estimate of drug-likeness (QED) is 0.294. The van der Waals surface area contributed by atoms with Crippen LogP contribution in [0.1, 0.15) is 5.76 Å². The van der Waals surface area contributed by atoms with Crippen molar-refractivity contribution in [2.75, 3.05) is 6.61 Å². The summed E-state index contributed by atoms with van der Waals surface area (Å²) in [7, 11) is 0. The molecule has 0 spiro atoms. The highest BCUT2D eigenvalue weighted by atomic mass is 16.6. The fourth-order valence-electron chi connectivity index (χ4n) is 0.720. The number of furan rings is 1. The Morgan fingerprint density at radius 2 is 2.38 bits per heavy atom. The Labute approximate surface area is 73.2 Å². The summed E-state index contributed by atoms with van der Waals surface area (Å²) in [6.45, 7) is 0.321. The number of carbonyl (C=O) groups is 1. The zero-order valence-corrected chi connectivity index (χ0v) is 6.50. The van der Waals surface area contributed by atoms with E-state index in [9.17, 15) is 14.9 Å². The zero-order chi connectivity index (χ0) is 9.68. The second-order valence-electron chi connectivity index (χ2n) is 2.07. The number of nitrogens with zero attached hydrogens (tertiary/aromatic N) is 1. The minimum Gasteiger partial charge on any atom is -0.467 e. The Morgan fingerprint density at radius 3 is 2.92 bits per heavy atom. The summed E-state index contributed by atoms with van der Waals surface area (Å²) in [6.07, 6.45) is 1.42. The van der Waals surface area contributed by atoms with Gasteiger partial charge in [0.15, 0.2) is 0 Å². The largest absolute Gasteiger partial charge is 0.467 e. The summed E-state index contributed by atoms with van der Waals surface area (Å²) in [5, 5.41) is 10.2. The van der Waals surface area contributed by atoms with Gasteiger partial charge < -0.3 is 9.15 Å². The average molecular weight is 184 g/mol. The van der Waals surface area contributed by atoms with Crippen LogP contribution in [0.3, 0.4) is 0 Å². The lowest BCUT2D eigenvalue weighted by atomic mass is 10.3. The summed E-state index contributed by atoms with van der Waals surface area (Å²) >= 11 is 0.